The van der Waals surface area contributed by atoms with Crippen LogP contribution in [0.25, 0.3) is 11.5 Å². The number of hydrogen-bond acceptors (Lipinski definition) is 0. The Hall–Kier alpha value is -0.727. The molecule has 0 amide bonds. The molecule has 2 N–H and O–H groups in total. The predicted octanol–water partition coefficient (Wildman–Crippen LogP) is 5.71. The second-order valence-corrected chi connectivity index (χ2v) is 3.78. The third-order valence-electron chi connectivity index (χ3n) is 2.65. The molecule has 0 aliphatic rings. The summed E-state index contributed by atoms with van der Waals surface area (Å²) in [5.74, 6) is 0. The Balaban J connectivity index is 0.00000103. The van der Waals surface area contributed by atoms with Crippen molar-refractivity contribution in [1.29, 1.82) is 0 Å². The molecular formula is C15H17ClN2Ru. The summed E-state index contributed by atoms with van der Waals surface area (Å²) in [7, 11) is 4.57. The molecule has 102 valence electrons. The quantitative estimate of drug-likeness (QED) is 0.496. The summed E-state index contributed by atoms with van der Waals surface area (Å²) in [4.78, 5) is 0. The average Bonchev–Trinajstić information content (AvgIpc) is 2.49. The van der Waals surface area contributed by atoms with Gasteiger partial charge in [-0.1, -0.05) is 71.8 Å². The Morgan fingerprint density at radius 3 is 1.21 bits per heavy atom. The topological polar surface area (TPSA) is 47.6 Å². The van der Waals surface area contributed by atoms with E-state index in [-0.39, 0.29) is 7.43 Å². The van der Waals surface area contributed by atoms with Gasteiger partial charge in [-0.15, -0.1) is 12.1 Å². The standard InChI is InChI=1S/C14H14N2.CH3.ClH.Ru/c15-13(11-7-3-1-4-8-11)14(16)12-9-5-2-6-10-12;;;/h1-10,13-16H;1H3;1H;/q-2;-1;;+4/p-1/t13-,14?;;;/m0.../s1. The van der Waals surface area contributed by atoms with Gasteiger partial charge in [0.25, 0.3) is 0 Å². The fourth-order valence-corrected chi connectivity index (χ4v) is 1.71. The summed E-state index contributed by atoms with van der Waals surface area (Å²) in [5.41, 5.74) is 17.9. The van der Waals surface area contributed by atoms with Crippen LogP contribution in [0.15, 0.2) is 60.7 Å². The molecule has 0 saturated heterocycles. The van der Waals surface area contributed by atoms with Crippen LogP contribution in [0.4, 0.5) is 0 Å². The Kier molecular flexibility index (Phi) is 9.72. The van der Waals surface area contributed by atoms with Crippen molar-refractivity contribution in [3.05, 3.63) is 90.7 Å². The first-order valence-corrected chi connectivity index (χ1v) is 7.68. The van der Waals surface area contributed by atoms with E-state index in [0.717, 1.165) is 11.1 Å². The van der Waals surface area contributed by atoms with Gasteiger partial charge in [-0.3, -0.25) is 0 Å². The number of halogens is 1. The van der Waals surface area contributed by atoms with Gasteiger partial charge in [0, 0.05) is 0 Å². The molecular weight excluding hydrogens is 345 g/mol. The van der Waals surface area contributed by atoms with Crippen molar-refractivity contribution >= 4 is 9.69 Å². The van der Waals surface area contributed by atoms with Gasteiger partial charge < -0.3 is 18.9 Å². The summed E-state index contributed by atoms with van der Waals surface area (Å²) >= 11 is 1.82. The Morgan fingerprint density at radius 2 is 0.947 bits per heavy atom. The average molecular weight is 362 g/mol. The van der Waals surface area contributed by atoms with Crippen LogP contribution >= 0.6 is 9.69 Å². The molecule has 4 heteroatoms. The van der Waals surface area contributed by atoms with Crippen LogP contribution in [-0.2, 0) is 17.3 Å². The molecule has 0 aliphatic heterocycles. The van der Waals surface area contributed by atoms with Crippen molar-refractivity contribution in [2.24, 2.45) is 0 Å². The molecule has 0 heterocycles. The van der Waals surface area contributed by atoms with Crippen molar-refractivity contribution in [2.75, 3.05) is 0 Å². The molecule has 19 heavy (non-hydrogen) atoms. The van der Waals surface area contributed by atoms with Gasteiger partial charge in [0.2, 0.25) is 0 Å². The van der Waals surface area contributed by atoms with Crippen molar-refractivity contribution < 1.29 is 17.3 Å². The Morgan fingerprint density at radius 1 is 0.684 bits per heavy atom. The van der Waals surface area contributed by atoms with E-state index in [9.17, 15) is 0 Å². The first-order valence-electron chi connectivity index (χ1n) is 5.44. The summed E-state index contributed by atoms with van der Waals surface area (Å²) in [6.45, 7) is 0. The van der Waals surface area contributed by atoms with Crippen LogP contribution in [0.2, 0.25) is 0 Å². The van der Waals surface area contributed by atoms with Gasteiger partial charge in [0.15, 0.2) is 0 Å². The maximum absolute atomic E-state index is 8.07. The van der Waals surface area contributed by atoms with Crippen molar-refractivity contribution in [1.82, 2.24) is 0 Å². The fourth-order valence-electron chi connectivity index (χ4n) is 1.71. The van der Waals surface area contributed by atoms with Gasteiger partial charge in [-0.2, -0.15) is 0 Å². The normalized spacial score (nSPS) is 12.4. The molecule has 0 spiro atoms. The SMILES string of the molecule is [CH3-].[Cl][Ru+3].[NH-]C(c1ccccc1)[C@@H]([NH-])c1ccccc1. The van der Waals surface area contributed by atoms with E-state index in [1.165, 1.54) is 0 Å². The zero-order chi connectivity index (χ0) is 13.4. The molecule has 0 radical (unpaired) electrons. The Labute approximate surface area is 129 Å². The molecule has 2 nitrogen and oxygen atoms in total. The fraction of sp³-hybridized carbons (Fsp3) is 0.133. The largest absolute Gasteiger partial charge is 0.672 e. The van der Waals surface area contributed by atoms with Gasteiger partial charge in [0.05, 0.1) is 0 Å². The Bertz CT molecular complexity index is 393. The minimum Gasteiger partial charge on any atom is -0.672 e. The van der Waals surface area contributed by atoms with E-state index in [2.05, 4.69) is 9.69 Å². The number of rotatable bonds is 3. The number of hydrogen-bond donors (Lipinski definition) is 0. The van der Waals surface area contributed by atoms with Gasteiger partial charge in [-0.25, -0.2) is 0 Å². The zero-order valence-electron chi connectivity index (χ0n) is 10.7. The minimum atomic E-state index is -0.524. The summed E-state index contributed by atoms with van der Waals surface area (Å²) in [5, 5.41) is 0. The van der Waals surface area contributed by atoms with E-state index >= 15 is 0 Å². The van der Waals surface area contributed by atoms with Crippen molar-refractivity contribution in [2.45, 2.75) is 12.1 Å². The molecule has 2 rings (SSSR count). The minimum absolute atomic E-state index is 0. The molecule has 0 saturated carbocycles. The number of nitrogens with one attached hydrogen (secondary N) is 2. The molecule has 2 atom stereocenters. The predicted molar refractivity (Wildman–Crippen MR) is 79.3 cm³/mol. The smallest absolute Gasteiger partial charge is 0.0606 e. The first-order chi connectivity index (χ1) is 8.79. The van der Waals surface area contributed by atoms with E-state index in [4.69, 9.17) is 11.5 Å². The monoisotopic (exact) mass is 362 g/mol. The molecule has 2 aromatic rings. The summed E-state index contributed by atoms with van der Waals surface area (Å²) in [6.07, 6.45) is 0. The van der Waals surface area contributed by atoms with E-state index < -0.39 is 12.1 Å². The van der Waals surface area contributed by atoms with Crippen LogP contribution < -0.4 is 0 Å². The zero-order valence-corrected chi connectivity index (χ0v) is 13.2. The van der Waals surface area contributed by atoms with Crippen LogP contribution in [0.5, 0.6) is 0 Å². The molecule has 0 aliphatic carbocycles. The molecule has 1 unspecified atom stereocenters. The van der Waals surface area contributed by atoms with Crippen LogP contribution in [0, 0.1) is 7.43 Å². The summed E-state index contributed by atoms with van der Waals surface area (Å²) in [6, 6.07) is 18.1. The van der Waals surface area contributed by atoms with Crippen molar-refractivity contribution in [3.63, 3.8) is 0 Å². The van der Waals surface area contributed by atoms with Crippen LogP contribution in [0.1, 0.15) is 23.2 Å². The van der Waals surface area contributed by atoms with Gasteiger partial charge >= 0.3 is 27.0 Å². The van der Waals surface area contributed by atoms with Crippen LogP contribution in [-0.4, -0.2) is 0 Å². The van der Waals surface area contributed by atoms with E-state index in [0.29, 0.717) is 0 Å². The van der Waals surface area contributed by atoms with E-state index in [1.807, 2.05) is 78.0 Å². The molecule has 0 aromatic heterocycles. The van der Waals surface area contributed by atoms with Crippen LogP contribution in [0.3, 0.4) is 0 Å². The second-order valence-electron chi connectivity index (χ2n) is 3.78. The van der Waals surface area contributed by atoms with E-state index in [1.54, 1.807) is 0 Å². The van der Waals surface area contributed by atoms with Crippen molar-refractivity contribution in [3.8, 4) is 0 Å². The number of benzene rings is 2. The summed E-state index contributed by atoms with van der Waals surface area (Å²) < 4.78 is 0. The third kappa shape index (κ3) is 5.42. The maximum Gasteiger partial charge on any atom is -0.0606 e. The molecule has 0 fully saturated rings. The third-order valence-corrected chi connectivity index (χ3v) is 2.65. The molecule has 2 aromatic carbocycles. The van der Waals surface area contributed by atoms with Gasteiger partial charge in [-0.05, 0) is 0 Å². The molecule has 0 bridgehead atoms. The van der Waals surface area contributed by atoms with Gasteiger partial charge in [0.1, 0.15) is 0 Å². The second kappa shape index (κ2) is 10.1. The first kappa shape index (κ1) is 18.3. The maximum atomic E-state index is 8.07.